The summed E-state index contributed by atoms with van der Waals surface area (Å²) >= 11 is 0. The lowest BCUT2D eigenvalue weighted by Crippen LogP contribution is -2.45. The Bertz CT molecular complexity index is 948. The smallest absolute Gasteiger partial charge is 0.264 e. The van der Waals surface area contributed by atoms with Crippen molar-refractivity contribution < 1.29 is 14.4 Å². The Balaban J connectivity index is 2.19. The molecule has 0 aliphatic carbocycles. The van der Waals surface area contributed by atoms with E-state index in [0.29, 0.717) is 17.0 Å². The highest BCUT2D eigenvalue weighted by Crippen LogP contribution is 2.23. The minimum atomic E-state index is -0.794. The van der Waals surface area contributed by atoms with Gasteiger partial charge in [-0.1, -0.05) is 13.0 Å². The van der Waals surface area contributed by atoms with Crippen molar-refractivity contribution in [3.8, 4) is 0 Å². The second-order valence-corrected chi connectivity index (χ2v) is 5.90. The van der Waals surface area contributed by atoms with Crippen LogP contribution >= 0.6 is 0 Å². The summed E-state index contributed by atoms with van der Waals surface area (Å²) in [7, 11) is 0. The van der Waals surface area contributed by atoms with E-state index in [1.54, 1.807) is 32.0 Å². The van der Waals surface area contributed by atoms with Crippen molar-refractivity contribution in [3.05, 3.63) is 34.4 Å². The zero-order valence-corrected chi connectivity index (χ0v) is 14.0. The summed E-state index contributed by atoms with van der Waals surface area (Å²) in [5.41, 5.74) is 0.395. The molecule has 0 saturated carbocycles. The highest BCUT2D eigenvalue weighted by atomic mass is 16.2. The van der Waals surface area contributed by atoms with Gasteiger partial charge in [-0.15, -0.1) is 0 Å². The molecule has 1 fully saturated rings. The first-order valence-corrected chi connectivity index (χ1v) is 8.07. The first-order chi connectivity index (χ1) is 11.9. The van der Waals surface area contributed by atoms with E-state index in [1.165, 1.54) is 4.57 Å². The van der Waals surface area contributed by atoms with Gasteiger partial charge in [-0.05, 0) is 25.5 Å². The summed E-state index contributed by atoms with van der Waals surface area (Å²) in [6.45, 7) is 3.35. The molecule has 1 aliphatic heterocycles. The van der Waals surface area contributed by atoms with Gasteiger partial charge >= 0.3 is 0 Å². The van der Waals surface area contributed by atoms with Gasteiger partial charge in [0, 0.05) is 12.8 Å². The van der Waals surface area contributed by atoms with Crippen LogP contribution in [-0.2, 0) is 14.4 Å². The molecule has 0 bridgehead atoms. The summed E-state index contributed by atoms with van der Waals surface area (Å²) in [5.74, 6) is -0.708. The lowest BCUT2D eigenvalue weighted by molar-refractivity contribution is -0.135. The minimum absolute atomic E-state index is 0.161. The maximum absolute atomic E-state index is 13.1. The quantitative estimate of drug-likeness (QED) is 0.810. The molecule has 3 amide bonds. The zero-order chi connectivity index (χ0) is 18.1. The number of amides is 3. The molecule has 2 aromatic rings. The van der Waals surface area contributed by atoms with E-state index in [-0.39, 0.29) is 36.5 Å². The molecular weight excluding hydrogens is 324 g/mol. The maximum Gasteiger partial charge on any atom is 0.264 e. The highest BCUT2D eigenvalue weighted by molar-refractivity contribution is 6.01. The summed E-state index contributed by atoms with van der Waals surface area (Å²) < 4.78 is 1.30. The second-order valence-electron chi connectivity index (χ2n) is 5.90. The monoisotopic (exact) mass is 342 g/mol. The van der Waals surface area contributed by atoms with Crippen LogP contribution in [0.2, 0.25) is 0 Å². The fourth-order valence-corrected chi connectivity index (χ4v) is 2.99. The molecule has 130 valence electrons. The van der Waals surface area contributed by atoms with Crippen molar-refractivity contribution >= 4 is 34.3 Å². The summed E-state index contributed by atoms with van der Waals surface area (Å²) in [5, 5.41) is 5.20. The first kappa shape index (κ1) is 16.8. The van der Waals surface area contributed by atoms with E-state index in [0.717, 1.165) is 0 Å². The SMILES string of the molecule is CCC(=O)Nc1cccc2nc(C)n(C3CCC(=O)NC3=O)c(=O)c12. The van der Waals surface area contributed by atoms with Crippen LogP contribution in [0.25, 0.3) is 10.9 Å². The van der Waals surface area contributed by atoms with Gasteiger partial charge in [0.2, 0.25) is 17.7 Å². The van der Waals surface area contributed by atoms with Crippen molar-refractivity contribution in [1.29, 1.82) is 0 Å². The molecule has 2 N–H and O–H groups in total. The van der Waals surface area contributed by atoms with E-state index >= 15 is 0 Å². The van der Waals surface area contributed by atoms with E-state index in [9.17, 15) is 19.2 Å². The summed E-state index contributed by atoms with van der Waals surface area (Å²) in [6.07, 6.45) is 0.674. The number of rotatable bonds is 3. The van der Waals surface area contributed by atoms with Gasteiger partial charge in [0.25, 0.3) is 5.56 Å². The molecule has 1 unspecified atom stereocenters. The summed E-state index contributed by atoms with van der Waals surface area (Å²) in [6, 6.07) is 4.22. The van der Waals surface area contributed by atoms with Gasteiger partial charge in [0.1, 0.15) is 11.9 Å². The lowest BCUT2D eigenvalue weighted by Gasteiger charge is -2.24. The number of fused-ring (bicyclic) bond motifs is 1. The number of aromatic nitrogens is 2. The van der Waals surface area contributed by atoms with Crippen LogP contribution in [-0.4, -0.2) is 27.3 Å². The number of benzene rings is 1. The second kappa shape index (κ2) is 6.46. The number of carbonyl (C=O) groups excluding carboxylic acids is 3. The number of piperidine rings is 1. The number of imide groups is 1. The van der Waals surface area contributed by atoms with E-state index in [4.69, 9.17) is 0 Å². The average Bonchev–Trinajstić information content (AvgIpc) is 2.56. The third-order valence-electron chi connectivity index (χ3n) is 4.22. The van der Waals surface area contributed by atoms with Crippen molar-refractivity contribution in [2.75, 3.05) is 5.32 Å². The van der Waals surface area contributed by atoms with E-state index < -0.39 is 17.5 Å². The fourth-order valence-electron chi connectivity index (χ4n) is 2.99. The third kappa shape index (κ3) is 3.02. The molecule has 0 radical (unpaired) electrons. The van der Waals surface area contributed by atoms with E-state index in [1.807, 2.05) is 0 Å². The van der Waals surface area contributed by atoms with Gasteiger partial charge in [0.05, 0.1) is 16.6 Å². The molecule has 8 heteroatoms. The average molecular weight is 342 g/mol. The number of nitrogens with one attached hydrogen (secondary N) is 2. The van der Waals surface area contributed by atoms with Gasteiger partial charge in [0.15, 0.2) is 0 Å². The van der Waals surface area contributed by atoms with Crippen molar-refractivity contribution in [2.45, 2.75) is 39.2 Å². The Morgan fingerprint density at radius 2 is 2.12 bits per heavy atom. The normalized spacial score (nSPS) is 17.4. The minimum Gasteiger partial charge on any atom is -0.325 e. The number of hydrogen-bond donors (Lipinski definition) is 2. The molecule has 1 aromatic heterocycles. The van der Waals surface area contributed by atoms with Crippen LogP contribution in [0.15, 0.2) is 23.0 Å². The zero-order valence-electron chi connectivity index (χ0n) is 14.0. The number of carbonyl (C=O) groups is 3. The molecule has 1 atom stereocenters. The van der Waals surface area contributed by atoms with Crippen LogP contribution < -0.4 is 16.2 Å². The number of aryl methyl sites for hydroxylation is 1. The third-order valence-corrected chi connectivity index (χ3v) is 4.22. The van der Waals surface area contributed by atoms with Crippen LogP contribution in [0.3, 0.4) is 0 Å². The van der Waals surface area contributed by atoms with Gasteiger partial charge in [-0.3, -0.25) is 29.1 Å². The van der Waals surface area contributed by atoms with Crippen LogP contribution in [0.4, 0.5) is 5.69 Å². The fraction of sp³-hybridized carbons (Fsp3) is 0.353. The van der Waals surface area contributed by atoms with Crippen LogP contribution in [0, 0.1) is 6.92 Å². The Morgan fingerprint density at radius 3 is 2.80 bits per heavy atom. The molecule has 3 rings (SSSR count). The Labute approximate surface area is 143 Å². The number of anilines is 1. The largest absolute Gasteiger partial charge is 0.325 e. The van der Waals surface area contributed by atoms with Crippen LogP contribution in [0.5, 0.6) is 0 Å². The topological polar surface area (TPSA) is 110 Å². The number of hydrogen-bond acceptors (Lipinski definition) is 5. The maximum atomic E-state index is 13.1. The van der Waals surface area contributed by atoms with E-state index in [2.05, 4.69) is 15.6 Å². The van der Waals surface area contributed by atoms with Crippen molar-refractivity contribution in [3.63, 3.8) is 0 Å². The lowest BCUT2D eigenvalue weighted by atomic mass is 10.1. The summed E-state index contributed by atoms with van der Waals surface area (Å²) in [4.78, 5) is 52.7. The molecular formula is C17H18N4O4. The van der Waals surface area contributed by atoms with Crippen molar-refractivity contribution in [1.82, 2.24) is 14.9 Å². The van der Waals surface area contributed by atoms with Crippen molar-refractivity contribution in [2.24, 2.45) is 0 Å². The Kier molecular flexibility index (Phi) is 4.35. The first-order valence-electron chi connectivity index (χ1n) is 8.07. The van der Waals surface area contributed by atoms with Gasteiger partial charge in [-0.2, -0.15) is 0 Å². The predicted molar refractivity (Wildman–Crippen MR) is 91.1 cm³/mol. The standard InChI is InChI=1S/C17H18N4O4/c1-3-13(22)19-11-6-4-5-10-15(11)17(25)21(9(2)18-10)12-7-8-14(23)20-16(12)24/h4-6,12H,3,7-8H2,1-2H3,(H,19,22)(H,20,23,24). The molecule has 0 spiro atoms. The van der Waals surface area contributed by atoms with Crippen LogP contribution in [0.1, 0.15) is 38.1 Å². The molecule has 2 heterocycles. The Morgan fingerprint density at radius 1 is 1.36 bits per heavy atom. The molecule has 8 nitrogen and oxygen atoms in total. The molecule has 25 heavy (non-hydrogen) atoms. The molecule has 1 aromatic carbocycles. The van der Waals surface area contributed by atoms with Gasteiger partial charge < -0.3 is 5.32 Å². The Hall–Kier alpha value is -3.03. The number of nitrogens with zero attached hydrogens (tertiary/aromatic N) is 2. The molecule has 1 aliphatic rings. The highest BCUT2D eigenvalue weighted by Gasteiger charge is 2.30. The molecule has 1 saturated heterocycles. The van der Waals surface area contributed by atoms with Gasteiger partial charge in [-0.25, -0.2) is 4.98 Å². The predicted octanol–water partition coefficient (Wildman–Crippen LogP) is 1.03.